The van der Waals surface area contributed by atoms with Crippen molar-refractivity contribution in [2.45, 2.75) is 64.3 Å². The number of carbonyl (C=O) groups is 1. The molecule has 1 saturated heterocycles. The van der Waals surface area contributed by atoms with Crippen molar-refractivity contribution >= 4 is 5.91 Å². The van der Waals surface area contributed by atoms with Crippen LogP contribution in [0.2, 0.25) is 0 Å². The Morgan fingerprint density at radius 1 is 1.24 bits per heavy atom. The Morgan fingerprint density at radius 3 is 2.47 bits per heavy atom. The van der Waals surface area contributed by atoms with Gasteiger partial charge >= 0.3 is 0 Å². The molecule has 2 aliphatic rings. The van der Waals surface area contributed by atoms with Crippen molar-refractivity contribution in [1.82, 2.24) is 10.6 Å². The normalized spacial score (nSPS) is 31.6. The molecule has 2 rings (SSSR count). The van der Waals surface area contributed by atoms with Crippen molar-refractivity contribution < 1.29 is 4.79 Å². The van der Waals surface area contributed by atoms with Gasteiger partial charge in [-0.15, -0.1) is 0 Å². The van der Waals surface area contributed by atoms with Crippen molar-refractivity contribution in [3.63, 3.8) is 0 Å². The topological polar surface area (TPSA) is 41.1 Å². The first-order chi connectivity index (χ1) is 8.10. The Bertz CT molecular complexity index is 276. The molecular formula is C14H26N2O. The van der Waals surface area contributed by atoms with Crippen LogP contribution in [0.1, 0.15) is 58.8 Å². The maximum Gasteiger partial charge on any atom is 0.240 e. The van der Waals surface area contributed by atoms with Crippen molar-refractivity contribution in [3.05, 3.63) is 0 Å². The lowest BCUT2D eigenvalue weighted by molar-refractivity contribution is -0.127. The van der Waals surface area contributed by atoms with E-state index in [9.17, 15) is 4.79 Å². The van der Waals surface area contributed by atoms with Crippen molar-refractivity contribution in [1.29, 1.82) is 0 Å². The summed E-state index contributed by atoms with van der Waals surface area (Å²) < 4.78 is 0. The molecule has 0 aromatic carbocycles. The second-order valence-electron chi connectivity index (χ2n) is 6.17. The highest BCUT2D eigenvalue weighted by atomic mass is 16.2. The highest BCUT2D eigenvalue weighted by molar-refractivity contribution is 5.86. The lowest BCUT2D eigenvalue weighted by Gasteiger charge is -2.30. The number of nitrogens with one attached hydrogen (secondary N) is 2. The molecule has 3 nitrogen and oxygen atoms in total. The van der Waals surface area contributed by atoms with E-state index in [2.05, 4.69) is 24.5 Å². The maximum absolute atomic E-state index is 12.3. The standard InChI is InChI=1S/C14H26N2O/c1-3-14(9-6-10-16-14)12(17)15-11-13(2)7-4-5-8-13/h16H,3-11H2,1-2H3,(H,15,17). The van der Waals surface area contributed by atoms with Crippen LogP contribution in [0.4, 0.5) is 0 Å². The van der Waals surface area contributed by atoms with E-state index >= 15 is 0 Å². The second kappa shape index (κ2) is 4.97. The summed E-state index contributed by atoms with van der Waals surface area (Å²) in [6, 6.07) is 0. The molecule has 98 valence electrons. The molecule has 0 aromatic heterocycles. The fourth-order valence-electron chi connectivity index (χ4n) is 3.33. The van der Waals surface area contributed by atoms with Gasteiger partial charge in [0.2, 0.25) is 5.91 Å². The van der Waals surface area contributed by atoms with Crippen LogP contribution in [0.5, 0.6) is 0 Å². The van der Waals surface area contributed by atoms with Gasteiger partial charge in [0.25, 0.3) is 0 Å². The van der Waals surface area contributed by atoms with Crippen LogP contribution < -0.4 is 10.6 Å². The number of carbonyl (C=O) groups excluding carboxylic acids is 1. The lowest BCUT2D eigenvalue weighted by Crippen LogP contribution is -2.54. The van der Waals surface area contributed by atoms with Crippen molar-refractivity contribution in [3.8, 4) is 0 Å². The van der Waals surface area contributed by atoms with Crippen LogP contribution in [0, 0.1) is 5.41 Å². The summed E-state index contributed by atoms with van der Waals surface area (Å²) in [7, 11) is 0. The third kappa shape index (κ3) is 2.65. The molecule has 3 heteroatoms. The monoisotopic (exact) mass is 238 g/mol. The molecule has 0 aromatic rings. The third-order valence-electron chi connectivity index (χ3n) is 4.77. The fourth-order valence-corrected chi connectivity index (χ4v) is 3.33. The summed E-state index contributed by atoms with van der Waals surface area (Å²) in [5.74, 6) is 0.227. The molecule has 0 bridgehead atoms. The molecule has 1 aliphatic heterocycles. The number of rotatable bonds is 4. The van der Waals surface area contributed by atoms with Gasteiger partial charge < -0.3 is 10.6 Å². The van der Waals surface area contributed by atoms with Crippen LogP contribution in [0.25, 0.3) is 0 Å². The van der Waals surface area contributed by atoms with Gasteiger partial charge in [0, 0.05) is 6.54 Å². The first-order valence-electron chi connectivity index (χ1n) is 7.14. The van der Waals surface area contributed by atoms with Gasteiger partial charge in [0.15, 0.2) is 0 Å². The SMILES string of the molecule is CCC1(C(=O)NCC2(C)CCCC2)CCCN1. The van der Waals surface area contributed by atoms with E-state index in [1.54, 1.807) is 0 Å². The Labute approximate surface area is 105 Å². The van der Waals surface area contributed by atoms with E-state index in [-0.39, 0.29) is 11.4 Å². The molecule has 1 aliphatic carbocycles. The van der Waals surface area contributed by atoms with E-state index < -0.39 is 0 Å². The zero-order valence-electron chi connectivity index (χ0n) is 11.3. The van der Waals surface area contributed by atoms with Crippen LogP contribution in [-0.4, -0.2) is 24.5 Å². The minimum atomic E-state index is -0.269. The molecule has 0 spiro atoms. The summed E-state index contributed by atoms with van der Waals surface area (Å²) in [5.41, 5.74) is 0.0815. The number of hydrogen-bond acceptors (Lipinski definition) is 2. The maximum atomic E-state index is 12.3. The Kier molecular flexibility index (Phi) is 3.76. The average molecular weight is 238 g/mol. The highest BCUT2D eigenvalue weighted by Crippen LogP contribution is 2.37. The van der Waals surface area contributed by atoms with Crippen molar-refractivity contribution in [2.75, 3.05) is 13.1 Å². The summed E-state index contributed by atoms with van der Waals surface area (Å²) in [4.78, 5) is 12.3. The van der Waals surface area contributed by atoms with Crippen molar-refractivity contribution in [2.24, 2.45) is 5.41 Å². The third-order valence-corrected chi connectivity index (χ3v) is 4.77. The smallest absolute Gasteiger partial charge is 0.240 e. The van der Waals surface area contributed by atoms with Gasteiger partial charge in [0.05, 0.1) is 5.54 Å². The minimum absolute atomic E-state index is 0.227. The van der Waals surface area contributed by atoms with E-state index in [0.29, 0.717) is 5.41 Å². The molecule has 1 unspecified atom stereocenters. The minimum Gasteiger partial charge on any atom is -0.354 e. The number of hydrogen-bond donors (Lipinski definition) is 2. The van der Waals surface area contributed by atoms with Gasteiger partial charge in [-0.1, -0.05) is 26.7 Å². The van der Waals surface area contributed by atoms with E-state index in [1.165, 1.54) is 25.7 Å². The molecule has 1 saturated carbocycles. The molecule has 2 N–H and O–H groups in total. The van der Waals surface area contributed by atoms with E-state index in [4.69, 9.17) is 0 Å². The molecular weight excluding hydrogens is 212 g/mol. The summed E-state index contributed by atoms with van der Waals surface area (Å²) in [5, 5.41) is 6.59. The van der Waals surface area contributed by atoms with Gasteiger partial charge in [-0.25, -0.2) is 0 Å². The van der Waals surface area contributed by atoms with Crippen LogP contribution in [-0.2, 0) is 4.79 Å². The second-order valence-corrected chi connectivity index (χ2v) is 6.17. The Morgan fingerprint density at radius 2 is 1.94 bits per heavy atom. The van der Waals surface area contributed by atoms with Gasteiger partial charge in [0.1, 0.15) is 0 Å². The predicted octanol–water partition coefficient (Wildman–Crippen LogP) is 2.22. The van der Waals surface area contributed by atoms with Crippen LogP contribution in [0.3, 0.4) is 0 Å². The van der Waals surface area contributed by atoms with Crippen LogP contribution in [0.15, 0.2) is 0 Å². The Hall–Kier alpha value is -0.570. The molecule has 17 heavy (non-hydrogen) atoms. The molecule has 2 fully saturated rings. The molecule has 0 radical (unpaired) electrons. The summed E-state index contributed by atoms with van der Waals surface area (Å²) in [6.07, 6.45) is 8.19. The van der Waals surface area contributed by atoms with E-state index in [1.807, 2.05) is 0 Å². The van der Waals surface area contributed by atoms with Gasteiger partial charge in [-0.3, -0.25) is 4.79 Å². The largest absolute Gasteiger partial charge is 0.354 e. The summed E-state index contributed by atoms with van der Waals surface area (Å²) >= 11 is 0. The molecule has 1 heterocycles. The quantitative estimate of drug-likeness (QED) is 0.788. The van der Waals surface area contributed by atoms with Gasteiger partial charge in [-0.05, 0) is 44.1 Å². The zero-order valence-corrected chi connectivity index (χ0v) is 11.3. The fraction of sp³-hybridized carbons (Fsp3) is 0.929. The lowest BCUT2D eigenvalue weighted by atomic mass is 9.87. The first kappa shape index (κ1) is 12.9. The first-order valence-corrected chi connectivity index (χ1v) is 7.14. The predicted molar refractivity (Wildman–Crippen MR) is 69.8 cm³/mol. The summed E-state index contributed by atoms with van der Waals surface area (Å²) in [6.45, 7) is 6.25. The van der Waals surface area contributed by atoms with Gasteiger partial charge in [-0.2, -0.15) is 0 Å². The molecule has 1 amide bonds. The molecule has 1 atom stereocenters. The highest BCUT2D eigenvalue weighted by Gasteiger charge is 2.40. The number of amides is 1. The Balaban J connectivity index is 1.88. The van der Waals surface area contributed by atoms with Crippen LogP contribution >= 0.6 is 0 Å². The van der Waals surface area contributed by atoms with E-state index in [0.717, 1.165) is 32.4 Å². The zero-order chi connectivity index (χ0) is 12.4. The average Bonchev–Trinajstić information content (AvgIpc) is 2.96.